The molecule has 0 spiro atoms. The summed E-state index contributed by atoms with van der Waals surface area (Å²) >= 11 is 0. The van der Waals surface area contributed by atoms with E-state index in [1.807, 2.05) is 0 Å². The van der Waals surface area contributed by atoms with Crippen molar-refractivity contribution in [3.05, 3.63) is 102 Å². The molecule has 0 aliphatic carbocycles. The maximum absolute atomic E-state index is 4.46. The summed E-state index contributed by atoms with van der Waals surface area (Å²) in [5.41, 5.74) is 8.29. The minimum Gasteiger partial charge on any atom is -0.599 e. The molecule has 0 bridgehead atoms. The van der Waals surface area contributed by atoms with Crippen LogP contribution in [0.2, 0.25) is 0 Å². The zero-order valence-corrected chi connectivity index (χ0v) is 24.5. The van der Waals surface area contributed by atoms with Crippen LogP contribution in [0.4, 0.5) is 11.4 Å². The van der Waals surface area contributed by atoms with Gasteiger partial charge in [0.2, 0.25) is 0 Å². The molecular formula is C31H40AuN2O-2. The van der Waals surface area contributed by atoms with Gasteiger partial charge in [0.25, 0.3) is 0 Å². The third-order valence-corrected chi connectivity index (χ3v) is 6.22. The van der Waals surface area contributed by atoms with Crippen molar-refractivity contribution >= 4 is 11.4 Å². The van der Waals surface area contributed by atoms with E-state index < -0.39 is 0 Å². The molecule has 1 aliphatic heterocycles. The number of hydrogen-bond donors (Lipinski definition) is 0. The van der Waals surface area contributed by atoms with E-state index in [-0.39, 0.29) is 22.4 Å². The molecule has 2 aromatic carbocycles. The summed E-state index contributed by atoms with van der Waals surface area (Å²) < 4.78 is 4.46. The quantitative estimate of drug-likeness (QED) is 0.196. The number of para-hydroxylation sites is 2. The minimum atomic E-state index is 0. The van der Waals surface area contributed by atoms with Crippen molar-refractivity contribution < 1.29 is 26.8 Å². The molecule has 3 aromatic rings. The van der Waals surface area contributed by atoms with Gasteiger partial charge in [-0.05, 0) is 64.6 Å². The van der Waals surface area contributed by atoms with E-state index in [2.05, 4.69) is 131 Å². The average molecular weight is 654 g/mol. The summed E-state index contributed by atoms with van der Waals surface area (Å²) in [6.07, 6.45) is 8.49. The normalized spacial score (nSPS) is 13.0. The number of rotatable bonds is 6. The first kappa shape index (κ1) is 29.0. The van der Waals surface area contributed by atoms with Crippen LogP contribution in [0.1, 0.15) is 101 Å². The smallest absolute Gasteiger partial charge is 0.0195 e. The third kappa shape index (κ3) is 6.94. The number of nitrogens with zero attached hydrogens (tertiary/aromatic N) is 2. The fourth-order valence-corrected chi connectivity index (χ4v) is 4.44. The van der Waals surface area contributed by atoms with Gasteiger partial charge in [0.05, 0.1) is 0 Å². The van der Waals surface area contributed by atoms with E-state index in [1.54, 1.807) is 18.4 Å². The SMILES string of the molecule is CC(C)c1cccc(C(C)C)c1N1C=CN(c2c(C(C)C)cccc2C(C)C)[CH-]1.[Au].[c-]1ccco1. The first-order chi connectivity index (χ1) is 16.2. The van der Waals surface area contributed by atoms with E-state index in [0.717, 1.165) is 0 Å². The van der Waals surface area contributed by atoms with Crippen molar-refractivity contribution in [1.82, 2.24) is 0 Å². The molecule has 0 fully saturated rings. The van der Waals surface area contributed by atoms with Crippen LogP contribution in [0.3, 0.4) is 0 Å². The molecule has 0 saturated carbocycles. The Morgan fingerprint density at radius 2 is 1.00 bits per heavy atom. The van der Waals surface area contributed by atoms with Crippen LogP contribution in [-0.2, 0) is 22.4 Å². The number of furan rings is 1. The first-order valence-corrected chi connectivity index (χ1v) is 12.5. The second kappa shape index (κ2) is 13.2. The molecule has 4 heteroatoms. The Bertz CT molecular complexity index is 926. The van der Waals surface area contributed by atoms with Crippen molar-refractivity contribution in [2.75, 3.05) is 9.80 Å². The predicted octanol–water partition coefficient (Wildman–Crippen LogP) is 9.17. The molecular weight excluding hydrogens is 613 g/mol. The maximum atomic E-state index is 4.46. The Morgan fingerprint density at radius 3 is 1.23 bits per heavy atom. The zero-order chi connectivity index (χ0) is 24.8. The molecule has 2 heterocycles. The van der Waals surface area contributed by atoms with Gasteiger partial charge in [0.1, 0.15) is 0 Å². The van der Waals surface area contributed by atoms with Gasteiger partial charge in [-0.25, -0.2) is 0 Å². The molecule has 4 rings (SSSR count). The predicted molar refractivity (Wildman–Crippen MR) is 145 cm³/mol. The van der Waals surface area contributed by atoms with Crippen LogP contribution >= 0.6 is 0 Å². The molecule has 1 aromatic heterocycles. The van der Waals surface area contributed by atoms with Crippen molar-refractivity contribution in [2.24, 2.45) is 0 Å². The maximum Gasteiger partial charge on any atom is 0.0195 e. The van der Waals surface area contributed by atoms with Crippen LogP contribution in [-0.4, -0.2) is 0 Å². The summed E-state index contributed by atoms with van der Waals surface area (Å²) in [5.74, 6) is 1.92. The zero-order valence-electron chi connectivity index (χ0n) is 22.3. The summed E-state index contributed by atoms with van der Waals surface area (Å²) in [7, 11) is 0. The van der Waals surface area contributed by atoms with Crippen LogP contribution < -0.4 is 9.80 Å². The van der Waals surface area contributed by atoms with Gasteiger partial charge in [-0.3, -0.25) is 0 Å². The Balaban J connectivity index is 0.000000640. The van der Waals surface area contributed by atoms with E-state index in [9.17, 15) is 0 Å². The van der Waals surface area contributed by atoms with Gasteiger partial charge in [-0.2, -0.15) is 6.07 Å². The summed E-state index contributed by atoms with van der Waals surface area (Å²) in [6.45, 7) is 20.5. The van der Waals surface area contributed by atoms with Gasteiger partial charge in [0, 0.05) is 33.8 Å². The third-order valence-electron chi connectivity index (χ3n) is 6.22. The largest absolute Gasteiger partial charge is 0.599 e. The summed E-state index contributed by atoms with van der Waals surface area (Å²) in [6, 6.07) is 17.0. The second-order valence-electron chi connectivity index (χ2n) is 10.1. The Morgan fingerprint density at radius 1 is 0.629 bits per heavy atom. The average Bonchev–Trinajstić information content (AvgIpc) is 3.53. The van der Waals surface area contributed by atoms with Crippen LogP contribution in [0.15, 0.2) is 71.6 Å². The van der Waals surface area contributed by atoms with Crippen molar-refractivity contribution in [1.29, 1.82) is 0 Å². The Kier molecular flexibility index (Phi) is 11.0. The monoisotopic (exact) mass is 653 g/mol. The van der Waals surface area contributed by atoms with Crippen LogP contribution in [0, 0.1) is 12.9 Å². The van der Waals surface area contributed by atoms with E-state index in [4.69, 9.17) is 0 Å². The molecule has 193 valence electrons. The summed E-state index contributed by atoms with van der Waals surface area (Å²) in [5, 5.41) is 0. The number of hydrogen-bond acceptors (Lipinski definition) is 3. The fourth-order valence-electron chi connectivity index (χ4n) is 4.44. The van der Waals surface area contributed by atoms with E-state index in [1.165, 1.54) is 33.6 Å². The van der Waals surface area contributed by atoms with Crippen LogP contribution in [0.25, 0.3) is 0 Å². The topological polar surface area (TPSA) is 19.6 Å². The van der Waals surface area contributed by atoms with E-state index >= 15 is 0 Å². The standard InChI is InChI=1S/C27H37N2.C4H3O.Au/c1-18(2)22-11-9-12-23(19(3)4)26(22)28-15-16-29(17-28)27-24(20(5)6)13-10-14-25(27)21(7)8;1-2-4-5-3-1;/h9-21H,1-8H3;1-3H;/q2*-1;. The van der Waals surface area contributed by atoms with Gasteiger partial charge >= 0.3 is 0 Å². The molecule has 0 N–H and O–H groups in total. The minimum absolute atomic E-state index is 0. The molecule has 0 amide bonds. The van der Waals surface area contributed by atoms with Gasteiger partial charge in [-0.1, -0.05) is 98.1 Å². The van der Waals surface area contributed by atoms with Gasteiger partial charge in [-0.15, -0.1) is 12.7 Å². The Labute approximate surface area is 228 Å². The molecule has 0 atom stereocenters. The van der Waals surface area contributed by atoms with E-state index in [0.29, 0.717) is 23.7 Å². The van der Waals surface area contributed by atoms with Crippen molar-refractivity contribution in [2.45, 2.75) is 79.1 Å². The second-order valence-corrected chi connectivity index (χ2v) is 10.1. The van der Waals surface area contributed by atoms with Crippen molar-refractivity contribution in [3.63, 3.8) is 0 Å². The number of anilines is 2. The number of benzene rings is 2. The summed E-state index contributed by atoms with van der Waals surface area (Å²) in [4.78, 5) is 4.65. The molecule has 0 unspecified atom stereocenters. The Hall–Kier alpha value is -2.20. The molecule has 35 heavy (non-hydrogen) atoms. The first-order valence-electron chi connectivity index (χ1n) is 12.5. The molecule has 3 nitrogen and oxygen atoms in total. The molecule has 1 aliphatic rings. The van der Waals surface area contributed by atoms with Gasteiger partial charge < -0.3 is 14.2 Å². The molecule has 1 radical (unpaired) electrons. The molecule has 0 saturated heterocycles. The van der Waals surface area contributed by atoms with Crippen molar-refractivity contribution in [3.8, 4) is 0 Å². The van der Waals surface area contributed by atoms with Gasteiger partial charge in [0.15, 0.2) is 0 Å². The van der Waals surface area contributed by atoms with Crippen LogP contribution in [0.5, 0.6) is 0 Å². The fraction of sp³-hybridized carbons (Fsp3) is 0.387.